The lowest BCUT2D eigenvalue weighted by molar-refractivity contribution is -0.122. The lowest BCUT2D eigenvalue weighted by Crippen LogP contribution is -2.43. The van der Waals surface area contributed by atoms with Crippen LogP contribution < -0.4 is 10.2 Å². The molecule has 0 unspecified atom stereocenters. The van der Waals surface area contributed by atoms with E-state index in [0.717, 1.165) is 4.90 Å². The van der Waals surface area contributed by atoms with E-state index in [1.165, 1.54) is 0 Å². The molecule has 1 aromatic heterocycles. The number of halogens is 3. The molecule has 1 aliphatic heterocycles. The van der Waals surface area contributed by atoms with Crippen molar-refractivity contribution in [3.05, 3.63) is 17.8 Å². The number of nitrogens with zero attached hydrogens (tertiary/aromatic N) is 2. The van der Waals surface area contributed by atoms with Crippen molar-refractivity contribution in [1.82, 2.24) is 4.98 Å². The van der Waals surface area contributed by atoms with Crippen molar-refractivity contribution >= 4 is 17.4 Å². The summed E-state index contributed by atoms with van der Waals surface area (Å²) in [5.74, 6) is -0.297. The fourth-order valence-electron chi connectivity index (χ4n) is 1.67. The van der Waals surface area contributed by atoms with Crippen molar-refractivity contribution in [2.75, 3.05) is 23.3 Å². The Hall–Kier alpha value is -1.79. The highest BCUT2D eigenvalue weighted by atomic mass is 19.4. The van der Waals surface area contributed by atoms with E-state index in [9.17, 15) is 18.0 Å². The van der Waals surface area contributed by atoms with Crippen LogP contribution in [0.15, 0.2) is 12.1 Å². The fourth-order valence-corrected chi connectivity index (χ4v) is 1.67. The first-order chi connectivity index (χ1) is 7.85. The van der Waals surface area contributed by atoms with E-state index in [-0.39, 0.29) is 12.4 Å². The number of fused-ring (bicyclic) bond motifs is 1. The Bertz CT molecular complexity index is 459. The summed E-state index contributed by atoms with van der Waals surface area (Å²) in [6, 6.07) is 3.19. The number of carbonyl (C=O) groups excluding carboxylic acids is 1. The molecule has 7 heteroatoms. The molecule has 0 fully saturated rings. The van der Waals surface area contributed by atoms with Crippen molar-refractivity contribution in [3.8, 4) is 0 Å². The number of hydrogen-bond acceptors (Lipinski definition) is 3. The van der Waals surface area contributed by atoms with Gasteiger partial charge in [0.1, 0.15) is 6.54 Å². The summed E-state index contributed by atoms with van der Waals surface area (Å²) in [7, 11) is 0. The zero-order valence-corrected chi connectivity index (χ0v) is 9.01. The van der Waals surface area contributed by atoms with Crippen LogP contribution in [0.2, 0.25) is 0 Å². The van der Waals surface area contributed by atoms with E-state index in [2.05, 4.69) is 10.3 Å². The highest BCUT2D eigenvalue weighted by molar-refractivity contribution is 6.00. The molecule has 1 N–H and O–H groups in total. The Labute approximate surface area is 95.4 Å². The molecule has 0 aliphatic carbocycles. The molecule has 1 aromatic rings. The summed E-state index contributed by atoms with van der Waals surface area (Å²) in [6.45, 7) is 0.176. The number of aryl methyl sites for hydroxylation is 1. The minimum absolute atomic E-state index is 0.168. The van der Waals surface area contributed by atoms with E-state index in [4.69, 9.17) is 0 Å². The molecule has 0 aromatic carbocycles. The maximum atomic E-state index is 12.4. The molecule has 0 saturated carbocycles. The highest BCUT2D eigenvalue weighted by Crippen LogP contribution is 2.29. The second-order valence-corrected chi connectivity index (χ2v) is 3.84. The van der Waals surface area contributed by atoms with Crippen molar-refractivity contribution in [2.24, 2.45) is 0 Å². The average Bonchev–Trinajstić information content (AvgIpc) is 2.16. The first kappa shape index (κ1) is 11.7. The number of carbonyl (C=O) groups is 1. The summed E-state index contributed by atoms with van der Waals surface area (Å²) < 4.78 is 37.1. The van der Waals surface area contributed by atoms with Gasteiger partial charge in [-0.15, -0.1) is 0 Å². The van der Waals surface area contributed by atoms with Crippen LogP contribution in [0, 0.1) is 6.92 Å². The average molecular weight is 245 g/mol. The number of hydrogen-bond donors (Lipinski definition) is 1. The second-order valence-electron chi connectivity index (χ2n) is 3.84. The van der Waals surface area contributed by atoms with Crippen molar-refractivity contribution < 1.29 is 18.0 Å². The number of rotatable bonds is 1. The van der Waals surface area contributed by atoms with E-state index < -0.39 is 18.6 Å². The maximum absolute atomic E-state index is 12.4. The molecule has 17 heavy (non-hydrogen) atoms. The summed E-state index contributed by atoms with van der Waals surface area (Å²) in [6.07, 6.45) is -4.36. The van der Waals surface area contributed by atoms with Gasteiger partial charge in [0.05, 0.1) is 12.2 Å². The fraction of sp³-hybridized carbons (Fsp3) is 0.400. The third kappa shape index (κ3) is 2.66. The molecule has 2 heterocycles. The number of anilines is 2. The van der Waals surface area contributed by atoms with Crippen molar-refractivity contribution in [2.45, 2.75) is 13.1 Å². The smallest absolute Gasteiger partial charge is 0.336 e. The van der Waals surface area contributed by atoms with Gasteiger partial charge in [-0.25, -0.2) is 4.98 Å². The quantitative estimate of drug-likeness (QED) is 0.819. The summed E-state index contributed by atoms with van der Waals surface area (Å²) in [5, 5.41) is 2.49. The van der Waals surface area contributed by atoms with Gasteiger partial charge in [-0.3, -0.25) is 4.79 Å². The van der Waals surface area contributed by atoms with Gasteiger partial charge in [-0.1, -0.05) is 0 Å². The van der Waals surface area contributed by atoms with Gasteiger partial charge in [0.2, 0.25) is 5.91 Å². The summed E-state index contributed by atoms with van der Waals surface area (Å²) in [5.41, 5.74) is 0.920. The van der Waals surface area contributed by atoms with Crippen LogP contribution >= 0.6 is 0 Å². The molecule has 0 bridgehead atoms. The van der Waals surface area contributed by atoms with Crippen LogP contribution in [-0.4, -0.2) is 30.2 Å². The van der Waals surface area contributed by atoms with Crippen LogP contribution in [0.3, 0.4) is 0 Å². The lowest BCUT2D eigenvalue weighted by atomic mass is 10.2. The minimum Gasteiger partial charge on any atom is -0.336 e. The third-order valence-electron chi connectivity index (χ3n) is 2.29. The van der Waals surface area contributed by atoms with E-state index in [1.807, 2.05) is 0 Å². The van der Waals surface area contributed by atoms with Gasteiger partial charge < -0.3 is 10.2 Å². The SMILES string of the molecule is Cc1ccc2c(n1)N(CC(F)(F)F)CC(=O)N2. The van der Waals surface area contributed by atoms with E-state index >= 15 is 0 Å². The van der Waals surface area contributed by atoms with E-state index in [1.54, 1.807) is 19.1 Å². The van der Waals surface area contributed by atoms with Crippen LogP contribution in [-0.2, 0) is 4.79 Å². The first-order valence-electron chi connectivity index (χ1n) is 4.94. The number of amides is 1. The first-order valence-corrected chi connectivity index (χ1v) is 4.94. The van der Waals surface area contributed by atoms with Crippen molar-refractivity contribution in [1.29, 1.82) is 0 Å². The molecule has 4 nitrogen and oxygen atoms in total. The standard InChI is InChI=1S/C10H10F3N3O/c1-6-2-3-7-9(14-6)16(4-8(17)15-7)5-10(11,12)13/h2-3H,4-5H2,1H3,(H,15,17). The predicted octanol–water partition coefficient (Wildman–Crippen LogP) is 1.71. The van der Waals surface area contributed by atoms with Crippen molar-refractivity contribution in [3.63, 3.8) is 0 Å². The number of pyridine rings is 1. The predicted molar refractivity (Wildman–Crippen MR) is 55.9 cm³/mol. The molecular weight excluding hydrogens is 235 g/mol. The van der Waals surface area contributed by atoms with Gasteiger partial charge in [0.25, 0.3) is 0 Å². The molecule has 2 rings (SSSR count). The zero-order valence-electron chi connectivity index (χ0n) is 9.01. The molecule has 0 radical (unpaired) electrons. The van der Waals surface area contributed by atoms with Crippen LogP contribution in [0.5, 0.6) is 0 Å². The van der Waals surface area contributed by atoms with E-state index in [0.29, 0.717) is 11.4 Å². The molecule has 0 saturated heterocycles. The molecule has 0 atom stereocenters. The molecule has 1 amide bonds. The number of alkyl halides is 3. The van der Waals surface area contributed by atoms with Gasteiger partial charge in [0, 0.05) is 5.69 Å². The zero-order chi connectivity index (χ0) is 12.6. The Morgan fingerprint density at radius 1 is 1.47 bits per heavy atom. The summed E-state index contributed by atoms with van der Waals surface area (Å²) in [4.78, 5) is 16.2. The Morgan fingerprint density at radius 3 is 2.82 bits per heavy atom. The molecule has 92 valence electrons. The molecular formula is C10H10F3N3O. The second kappa shape index (κ2) is 3.90. The monoisotopic (exact) mass is 245 g/mol. The summed E-state index contributed by atoms with van der Waals surface area (Å²) >= 11 is 0. The van der Waals surface area contributed by atoms with Gasteiger partial charge in [-0.2, -0.15) is 13.2 Å². The van der Waals surface area contributed by atoms with Crippen LogP contribution in [0.1, 0.15) is 5.69 Å². The normalized spacial score (nSPS) is 15.5. The Kier molecular flexibility index (Phi) is 2.68. The molecule has 0 spiro atoms. The Balaban J connectivity index is 2.36. The lowest BCUT2D eigenvalue weighted by Gasteiger charge is -2.30. The largest absolute Gasteiger partial charge is 0.405 e. The maximum Gasteiger partial charge on any atom is 0.405 e. The van der Waals surface area contributed by atoms with Crippen LogP contribution in [0.4, 0.5) is 24.7 Å². The van der Waals surface area contributed by atoms with Crippen LogP contribution in [0.25, 0.3) is 0 Å². The van der Waals surface area contributed by atoms with Gasteiger partial charge >= 0.3 is 6.18 Å². The third-order valence-corrected chi connectivity index (χ3v) is 2.29. The minimum atomic E-state index is -4.36. The Morgan fingerprint density at radius 2 is 2.18 bits per heavy atom. The molecule has 1 aliphatic rings. The topological polar surface area (TPSA) is 45.2 Å². The number of aromatic nitrogens is 1. The van der Waals surface area contributed by atoms with Gasteiger partial charge in [-0.05, 0) is 19.1 Å². The number of nitrogens with one attached hydrogen (secondary N) is 1. The highest BCUT2D eigenvalue weighted by Gasteiger charge is 2.35. The van der Waals surface area contributed by atoms with Gasteiger partial charge in [0.15, 0.2) is 5.82 Å².